The predicted octanol–water partition coefficient (Wildman–Crippen LogP) is 3.47. The van der Waals surface area contributed by atoms with Gasteiger partial charge in [-0.3, -0.25) is 0 Å². The molecular formula is C13H8BrClFN5. The Balaban J connectivity index is 2.19. The van der Waals surface area contributed by atoms with E-state index in [1.54, 1.807) is 24.3 Å². The largest absolute Gasteiger partial charge is 0.399 e. The number of hydrogen-bond donors (Lipinski definition) is 1. The minimum absolute atomic E-state index is 0.359. The van der Waals surface area contributed by atoms with Crippen LogP contribution in [0.1, 0.15) is 0 Å². The van der Waals surface area contributed by atoms with E-state index in [4.69, 9.17) is 17.3 Å². The molecule has 0 aliphatic carbocycles. The number of nitrogen functional groups attached to an aromatic ring is 1. The summed E-state index contributed by atoms with van der Waals surface area (Å²) < 4.78 is 15.2. The molecule has 106 valence electrons. The molecule has 0 fully saturated rings. The van der Waals surface area contributed by atoms with Crippen LogP contribution in [-0.2, 0) is 0 Å². The summed E-state index contributed by atoms with van der Waals surface area (Å²) in [5.74, 6) is 0.0573. The van der Waals surface area contributed by atoms with Gasteiger partial charge in [0.2, 0.25) is 0 Å². The number of nitrogens with zero attached hydrogens (tertiary/aromatic N) is 4. The van der Waals surface area contributed by atoms with Crippen molar-refractivity contribution in [2.24, 2.45) is 0 Å². The Kier molecular flexibility index (Phi) is 3.60. The van der Waals surface area contributed by atoms with Crippen molar-refractivity contribution in [3.63, 3.8) is 0 Å². The highest BCUT2D eigenvalue weighted by Gasteiger charge is 2.16. The van der Waals surface area contributed by atoms with Gasteiger partial charge in [-0.2, -0.15) is 4.68 Å². The van der Waals surface area contributed by atoms with Gasteiger partial charge in [0.05, 0.1) is 10.7 Å². The van der Waals surface area contributed by atoms with E-state index in [2.05, 4.69) is 31.5 Å². The average Bonchev–Trinajstić information content (AvgIpc) is 2.90. The summed E-state index contributed by atoms with van der Waals surface area (Å²) in [5.41, 5.74) is 7.51. The SMILES string of the molecule is Nc1ccc(Cl)c(-c2nnnn2-c2ccc(F)cc2Br)c1. The predicted molar refractivity (Wildman–Crippen MR) is 81.7 cm³/mol. The molecule has 0 saturated carbocycles. The topological polar surface area (TPSA) is 69.6 Å². The zero-order chi connectivity index (χ0) is 15.0. The Hall–Kier alpha value is -1.99. The molecule has 0 aliphatic heterocycles. The summed E-state index contributed by atoms with van der Waals surface area (Å²) in [4.78, 5) is 0. The molecule has 5 nitrogen and oxygen atoms in total. The first-order chi connectivity index (χ1) is 10.1. The van der Waals surface area contributed by atoms with Gasteiger partial charge in [0, 0.05) is 15.7 Å². The molecule has 3 aromatic rings. The molecule has 2 N–H and O–H groups in total. The number of halogens is 3. The van der Waals surface area contributed by atoms with Crippen LogP contribution in [0.2, 0.25) is 5.02 Å². The molecule has 0 saturated heterocycles. The molecule has 0 amide bonds. The standard InChI is InChI=1S/C13H8BrClFN5/c14-10-5-7(16)1-4-12(10)21-13(18-19-20-21)9-6-8(17)2-3-11(9)15/h1-6H,17H2. The third-order valence-electron chi connectivity index (χ3n) is 2.84. The van der Waals surface area contributed by atoms with Crippen molar-refractivity contribution >= 4 is 33.2 Å². The number of hydrogen-bond acceptors (Lipinski definition) is 4. The third kappa shape index (κ3) is 2.62. The van der Waals surface area contributed by atoms with Crippen molar-refractivity contribution in [2.75, 3.05) is 5.73 Å². The second-order valence-corrected chi connectivity index (χ2v) is 5.51. The van der Waals surface area contributed by atoms with Gasteiger partial charge >= 0.3 is 0 Å². The maximum absolute atomic E-state index is 13.2. The summed E-state index contributed by atoms with van der Waals surface area (Å²) in [7, 11) is 0. The van der Waals surface area contributed by atoms with Crippen LogP contribution < -0.4 is 5.73 Å². The van der Waals surface area contributed by atoms with Crippen molar-refractivity contribution < 1.29 is 4.39 Å². The van der Waals surface area contributed by atoms with Gasteiger partial charge in [-0.15, -0.1) is 5.10 Å². The van der Waals surface area contributed by atoms with Crippen molar-refractivity contribution in [3.8, 4) is 17.1 Å². The summed E-state index contributed by atoms with van der Waals surface area (Å²) in [6, 6.07) is 9.27. The molecule has 1 aromatic heterocycles. The summed E-state index contributed by atoms with van der Waals surface area (Å²) in [6.45, 7) is 0. The number of benzene rings is 2. The molecule has 0 radical (unpaired) electrons. The van der Waals surface area contributed by atoms with Crippen LogP contribution in [0.5, 0.6) is 0 Å². The third-order valence-corrected chi connectivity index (χ3v) is 3.80. The lowest BCUT2D eigenvalue weighted by molar-refractivity contribution is 0.625. The molecule has 0 aliphatic rings. The Labute approximate surface area is 132 Å². The average molecular weight is 369 g/mol. The highest BCUT2D eigenvalue weighted by molar-refractivity contribution is 9.10. The second kappa shape index (κ2) is 5.42. The zero-order valence-corrected chi connectivity index (χ0v) is 12.8. The van der Waals surface area contributed by atoms with Crippen molar-refractivity contribution in [1.29, 1.82) is 0 Å². The number of tetrazole rings is 1. The first-order valence-corrected chi connectivity index (χ1v) is 7.02. The van der Waals surface area contributed by atoms with Gasteiger partial charge < -0.3 is 5.73 Å². The number of rotatable bonds is 2. The monoisotopic (exact) mass is 367 g/mol. The van der Waals surface area contributed by atoms with Crippen LogP contribution in [-0.4, -0.2) is 20.2 Å². The molecule has 3 rings (SSSR count). The Morgan fingerprint density at radius 2 is 2.00 bits per heavy atom. The first-order valence-electron chi connectivity index (χ1n) is 5.85. The highest BCUT2D eigenvalue weighted by Crippen LogP contribution is 2.31. The normalized spacial score (nSPS) is 10.8. The van der Waals surface area contributed by atoms with E-state index >= 15 is 0 Å². The molecule has 0 unspecified atom stereocenters. The van der Waals surface area contributed by atoms with E-state index in [0.717, 1.165) is 0 Å². The van der Waals surface area contributed by atoms with Gasteiger partial charge in [0.1, 0.15) is 5.82 Å². The Bertz CT molecular complexity index is 820. The van der Waals surface area contributed by atoms with E-state index in [0.29, 0.717) is 32.3 Å². The van der Waals surface area contributed by atoms with E-state index in [1.165, 1.54) is 16.8 Å². The lowest BCUT2D eigenvalue weighted by Crippen LogP contribution is -2.02. The van der Waals surface area contributed by atoms with Crippen LogP contribution in [0.15, 0.2) is 40.9 Å². The molecule has 1 heterocycles. The molecule has 2 aromatic carbocycles. The molecule has 8 heteroatoms. The Morgan fingerprint density at radius 3 is 2.76 bits per heavy atom. The van der Waals surface area contributed by atoms with E-state index in [-0.39, 0.29) is 5.82 Å². The van der Waals surface area contributed by atoms with Gasteiger partial charge in [-0.05, 0) is 62.8 Å². The van der Waals surface area contributed by atoms with Gasteiger partial charge in [-0.25, -0.2) is 4.39 Å². The summed E-state index contributed by atoms with van der Waals surface area (Å²) >= 11 is 9.47. The molecular weight excluding hydrogens is 361 g/mol. The van der Waals surface area contributed by atoms with Gasteiger partial charge in [0.15, 0.2) is 5.82 Å². The van der Waals surface area contributed by atoms with Crippen LogP contribution in [0.4, 0.5) is 10.1 Å². The van der Waals surface area contributed by atoms with Crippen LogP contribution in [0.3, 0.4) is 0 Å². The smallest absolute Gasteiger partial charge is 0.188 e. The minimum atomic E-state index is -0.359. The maximum Gasteiger partial charge on any atom is 0.188 e. The fourth-order valence-electron chi connectivity index (χ4n) is 1.88. The maximum atomic E-state index is 13.2. The molecule has 0 spiro atoms. The van der Waals surface area contributed by atoms with E-state index in [9.17, 15) is 4.39 Å². The fraction of sp³-hybridized carbons (Fsp3) is 0. The van der Waals surface area contributed by atoms with Crippen LogP contribution in [0.25, 0.3) is 17.1 Å². The van der Waals surface area contributed by atoms with Crippen molar-refractivity contribution in [1.82, 2.24) is 20.2 Å². The van der Waals surface area contributed by atoms with Gasteiger partial charge in [0.25, 0.3) is 0 Å². The summed E-state index contributed by atoms with van der Waals surface area (Å²) in [6.07, 6.45) is 0. The van der Waals surface area contributed by atoms with Crippen molar-refractivity contribution in [3.05, 3.63) is 51.7 Å². The quantitative estimate of drug-likeness (QED) is 0.703. The second-order valence-electron chi connectivity index (χ2n) is 4.25. The number of anilines is 1. The zero-order valence-electron chi connectivity index (χ0n) is 10.5. The van der Waals surface area contributed by atoms with E-state index in [1.807, 2.05) is 0 Å². The fourth-order valence-corrected chi connectivity index (χ4v) is 2.61. The minimum Gasteiger partial charge on any atom is -0.399 e. The first kappa shape index (κ1) is 14.0. The lowest BCUT2D eigenvalue weighted by Gasteiger charge is -2.08. The molecule has 21 heavy (non-hydrogen) atoms. The van der Waals surface area contributed by atoms with Crippen LogP contribution in [0, 0.1) is 5.82 Å². The van der Waals surface area contributed by atoms with Crippen molar-refractivity contribution in [2.45, 2.75) is 0 Å². The van der Waals surface area contributed by atoms with Gasteiger partial charge in [-0.1, -0.05) is 11.6 Å². The molecule has 0 atom stereocenters. The Morgan fingerprint density at radius 1 is 1.19 bits per heavy atom. The molecule has 0 bridgehead atoms. The number of aromatic nitrogens is 4. The van der Waals surface area contributed by atoms with E-state index < -0.39 is 0 Å². The van der Waals surface area contributed by atoms with Crippen LogP contribution >= 0.6 is 27.5 Å². The highest BCUT2D eigenvalue weighted by atomic mass is 79.9. The lowest BCUT2D eigenvalue weighted by atomic mass is 10.2. The summed E-state index contributed by atoms with van der Waals surface area (Å²) in [5, 5.41) is 12.0. The number of nitrogens with two attached hydrogens (primary N) is 1.